The summed E-state index contributed by atoms with van der Waals surface area (Å²) in [6.07, 6.45) is 9.42. The maximum atomic E-state index is 11.5. The largest absolute Gasteiger partial charge is 0.444 e. The predicted octanol–water partition coefficient (Wildman–Crippen LogP) is 8.36. The Morgan fingerprint density at radius 3 is 0.699 bits per heavy atom. The van der Waals surface area contributed by atoms with Crippen molar-refractivity contribution in [2.45, 2.75) is 296 Å². The molecule has 0 aliphatic heterocycles. The molecule has 9 N–H and O–H groups in total. The number of alkyl carbamates (subject to hydrolysis) is 5. The molecule has 5 aliphatic carbocycles. The van der Waals surface area contributed by atoms with Crippen LogP contribution >= 0.6 is 0 Å². The zero-order valence-corrected chi connectivity index (χ0v) is 47.4. The average molecular weight is 1050 g/mol. The second-order valence-corrected chi connectivity index (χ2v) is 25.2. The molecule has 0 heterocycles. The van der Waals surface area contributed by atoms with Gasteiger partial charge in [0.1, 0.15) is 33.8 Å². The van der Waals surface area contributed by atoms with Crippen LogP contribution in [0, 0.1) is 5.92 Å². The Morgan fingerprint density at radius 2 is 0.534 bits per heavy atom. The van der Waals surface area contributed by atoms with Crippen LogP contribution in [0.1, 0.15) is 214 Å². The maximum absolute atomic E-state index is 11.5. The van der Waals surface area contributed by atoms with Crippen LogP contribution in [0.3, 0.4) is 0 Å². The van der Waals surface area contributed by atoms with E-state index in [0.29, 0.717) is 38.0 Å². The lowest BCUT2D eigenvalue weighted by atomic mass is 10.0. The van der Waals surface area contributed by atoms with Crippen LogP contribution in [-0.2, 0) is 28.5 Å². The Hall–Kier alpha value is -4.14. The number of hydrogen-bond donors (Lipinski definition) is 9. The van der Waals surface area contributed by atoms with Crippen LogP contribution in [0.5, 0.6) is 0 Å². The smallest absolute Gasteiger partial charge is 0.407 e. The SMILES string of the molecule is CC(=O)C[C@@H]1CC[C@H](NC(=O)OC(C)(C)C)C1.CC(C)(C)OC(=O)N[C@@H]1CC[C@H](O)C1.CC(C)(C)OC(=O)N[C@@H]1CC[C@H](O)C1.CC(C)(C)OC(=O)N[C@H]1CC[C@@H](O)C1.CC(C)(C)OC(=O)N[C@H]1CC[C@@H](O)C1. The Kier molecular flexibility index (Phi) is 27.9. The van der Waals surface area contributed by atoms with Gasteiger partial charge in [-0.05, 0) is 213 Å². The van der Waals surface area contributed by atoms with E-state index in [2.05, 4.69) is 26.6 Å². The number of amides is 5. The zero-order valence-electron chi connectivity index (χ0n) is 47.4. The van der Waals surface area contributed by atoms with Crippen LogP contribution in [0.25, 0.3) is 0 Å². The molecule has 0 radical (unpaired) electrons. The van der Waals surface area contributed by atoms with Gasteiger partial charge in [-0.2, -0.15) is 0 Å². The number of ketones is 1. The van der Waals surface area contributed by atoms with Crippen molar-refractivity contribution in [3.8, 4) is 0 Å². The summed E-state index contributed by atoms with van der Waals surface area (Å²) in [4.78, 5) is 67.8. The highest BCUT2D eigenvalue weighted by Crippen LogP contribution is 2.29. The Labute approximate surface area is 436 Å². The molecule has 20 nitrogen and oxygen atoms in total. The summed E-state index contributed by atoms with van der Waals surface area (Å²) < 4.78 is 25.6. The summed E-state index contributed by atoms with van der Waals surface area (Å²) in [6, 6.07) is 0.439. The first-order valence-electron chi connectivity index (χ1n) is 26.4. The first kappa shape index (κ1) is 66.9. The van der Waals surface area contributed by atoms with E-state index in [9.17, 15) is 49.2 Å². The molecule has 5 aliphatic rings. The van der Waals surface area contributed by atoms with Gasteiger partial charge in [0.25, 0.3) is 0 Å². The molecule has 10 atom stereocenters. The van der Waals surface area contributed by atoms with Crippen molar-refractivity contribution in [2.75, 3.05) is 0 Å². The van der Waals surface area contributed by atoms with Crippen LogP contribution in [0.2, 0.25) is 0 Å². The molecule has 426 valence electrons. The monoisotopic (exact) mass is 1050 g/mol. The summed E-state index contributed by atoms with van der Waals surface area (Å²) in [5.41, 5.74) is -2.29. The van der Waals surface area contributed by atoms with E-state index in [4.69, 9.17) is 23.7 Å². The summed E-state index contributed by atoms with van der Waals surface area (Å²) in [6.45, 7) is 29.1. The third-order valence-electron chi connectivity index (χ3n) is 11.3. The van der Waals surface area contributed by atoms with Crippen molar-refractivity contribution >= 4 is 36.2 Å². The van der Waals surface area contributed by atoms with E-state index in [-0.39, 0.29) is 66.5 Å². The number of rotatable bonds is 7. The molecule has 0 spiro atoms. The summed E-state index contributed by atoms with van der Waals surface area (Å²) in [5.74, 6) is 0.653. The second-order valence-electron chi connectivity index (χ2n) is 25.2. The average Bonchev–Trinajstić information content (AvgIpc) is 4.01. The molecule has 0 bridgehead atoms. The summed E-state index contributed by atoms with van der Waals surface area (Å²) in [5, 5.41) is 50.9. The number of Topliss-reactive ketones (excluding diaryl/α,β-unsaturated/α-hetero) is 1. The van der Waals surface area contributed by atoms with Crippen molar-refractivity contribution in [1.82, 2.24) is 26.6 Å². The quantitative estimate of drug-likeness (QED) is 0.108. The van der Waals surface area contributed by atoms with Crippen LogP contribution in [0.4, 0.5) is 24.0 Å². The minimum absolute atomic E-state index is 0.0693. The Bertz CT molecular complexity index is 1510. The topological polar surface area (TPSA) is 290 Å². The molecule has 73 heavy (non-hydrogen) atoms. The maximum Gasteiger partial charge on any atom is 0.407 e. The first-order chi connectivity index (χ1) is 33.2. The van der Waals surface area contributed by atoms with Gasteiger partial charge in [-0.15, -0.1) is 0 Å². The van der Waals surface area contributed by atoms with E-state index in [1.54, 1.807) is 6.92 Å². The van der Waals surface area contributed by atoms with Crippen molar-refractivity contribution in [1.29, 1.82) is 0 Å². The van der Waals surface area contributed by atoms with Gasteiger partial charge < -0.3 is 75.5 Å². The number of hydrogen-bond acceptors (Lipinski definition) is 15. The normalized spacial score (nSPS) is 26.7. The predicted molar refractivity (Wildman–Crippen MR) is 278 cm³/mol. The highest BCUT2D eigenvalue weighted by Gasteiger charge is 2.31. The zero-order chi connectivity index (χ0) is 56.1. The van der Waals surface area contributed by atoms with E-state index in [1.165, 1.54) is 0 Å². The third-order valence-corrected chi connectivity index (χ3v) is 11.3. The number of aliphatic hydroxyl groups excluding tert-OH is 4. The van der Waals surface area contributed by atoms with Gasteiger partial charge in [0.15, 0.2) is 0 Å². The van der Waals surface area contributed by atoms with Gasteiger partial charge in [-0.3, -0.25) is 0 Å². The number of aliphatic hydroxyl groups is 4. The molecule has 5 saturated carbocycles. The summed E-state index contributed by atoms with van der Waals surface area (Å²) in [7, 11) is 0. The van der Waals surface area contributed by atoms with Crippen molar-refractivity contribution in [3.05, 3.63) is 0 Å². The molecule has 0 saturated heterocycles. The highest BCUT2D eigenvalue weighted by atomic mass is 16.6. The fraction of sp³-hybridized carbons (Fsp3) is 0.887. The fourth-order valence-electron chi connectivity index (χ4n) is 8.52. The van der Waals surface area contributed by atoms with Crippen molar-refractivity contribution < 1.29 is 72.9 Å². The number of carbonyl (C=O) groups is 6. The third kappa shape index (κ3) is 36.5. The minimum Gasteiger partial charge on any atom is -0.444 e. The first-order valence-corrected chi connectivity index (χ1v) is 26.4. The summed E-state index contributed by atoms with van der Waals surface area (Å²) >= 11 is 0. The molecule has 0 aromatic heterocycles. The highest BCUT2D eigenvalue weighted by molar-refractivity contribution is 5.75. The standard InChI is InChI=1S/C13H23NO3.4C10H19NO3/c1-9(15)7-10-5-6-11(8-10)14-12(16)17-13(2,3)4;4*1-10(2,3)14-9(13)11-7-4-5-8(12)6-7/h10-11H,5-8H2,1-4H3,(H,14,16);4*7-8,12H,4-6H2,1-3H3,(H,11,13)/t10-,11-;4*7-,8+/m01100/s1. The van der Waals surface area contributed by atoms with E-state index in [0.717, 1.165) is 70.6 Å². The van der Waals surface area contributed by atoms with Crippen molar-refractivity contribution in [3.63, 3.8) is 0 Å². The number of nitrogens with one attached hydrogen (secondary N) is 5. The van der Waals surface area contributed by atoms with Crippen LogP contribution in [-0.4, -0.2) is 139 Å². The molecular formula is C53H99N5O15. The molecule has 20 heteroatoms. The van der Waals surface area contributed by atoms with Gasteiger partial charge in [0, 0.05) is 36.6 Å². The van der Waals surface area contributed by atoms with Gasteiger partial charge in [0.05, 0.1) is 24.4 Å². The lowest BCUT2D eigenvalue weighted by molar-refractivity contribution is -0.117. The van der Waals surface area contributed by atoms with Crippen LogP contribution in [0.15, 0.2) is 0 Å². The van der Waals surface area contributed by atoms with E-state index in [1.807, 2.05) is 104 Å². The second kappa shape index (κ2) is 30.4. The Morgan fingerprint density at radius 1 is 0.342 bits per heavy atom. The van der Waals surface area contributed by atoms with E-state index < -0.39 is 52.4 Å². The molecule has 0 aromatic rings. The lowest BCUT2D eigenvalue weighted by Crippen LogP contribution is -2.38. The number of ether oxygens (including phenoxy) is 5. The van der Waals surface area contributed by atoms with Crippen LogP contribution < -0.4 is 26.6 Å². The van der Waals surface area contributed by atoms with Gasteiger partial charge in [0.2, 0.25) is 0 Å². The molecule has 0 unspecified atom stereocenters. The lowest BCUT2D eigenvalue weighted by Gasteiger charge is -2.21. The van der Waals surface area contributed by atoms with Gasteiger partial charge in [-0.1, -0.05) is 0 Å². The van der Waals surface area contributed by atoms with Crippen molar-refractivity contribution in [2.24, 2.45) is 5.92 Å². The van der Waals surface area contributed by atoms with Gasteiger partial charge in [-0.25, -0.2) is 24.0 Å². The molecule has 5 amide bonds. The molecule has 0 aromatic carbocycles. The number of carbonyl (C=O) groups excluding carboxylic acids is 6. The molecule has 5 fully saturated rings. The van der Waals surface area contributed by atoms with E-state index >= 15 is 0 Å². The fourth-order valence-corrected chi connectivity index (χ4v) is 8.52. The Balaban J connectivity index is 0.000000457. The van der Waals surface area contributed by atoms with Gasteiger partial charge >= 0.3 is 30.5 Å². The molecule has 5 rings (SSSR count). The minimum atomic E-state index is -0.457. The molecular weight excluding hydrogens is 947 g/mol.